The molecule has 2 N–H and O–H groups in total. The fourth-order valence-corrected chi connectivity index (χ4v) is 2.78. The maximum Gasteiger partial charge on any atom is 0.410 e. The van der Waals surface area contributed by atoms with Crippen LogP contribution >= 0.6 is 0 Å². The topological polar surface area (TPSA) is 55.6 Å². The standard InChI is InChI=1S/C15H29FN2O2/c1-10-6-11(8-13(10)16)7-12(17)9-18(5)14(19)20-15(2,3)4/h10-13H,6-9,17H2,1-5H3/t10-,11-,12-,13+/m0/s1. The van der Waals surface area contributed by atoms with Crippen molar-refractivity contribution < 1.29 is 13.9 Å². The summed E-state index contributed by atoms with van der Waals surface area (Å²) < 4.78 is 18.7. The van der Waals surface area contributed by atoms with Gasteiger partial charge in [-0.25, -0.2) is 9.18 Å². The number of carbonyl (C=O) groups is 1. The lowest BCUT2D eigenvalue weighted by atomic mass is 9.97. The van der Waals surface area contributed by atoms with Crippen molar-refractivity contribution in [1.29, 1.82) is 0 Å². The molecule has 1 aliphatic rings. The van der Waals surface area contributed by atoms with Gasteiger partial charge < -0.3 is 15.4 Å². The van der Waals surface area contributed by atoms with Crippen LogP contribution in [0.5, 0.6) is 0 Å². The molecule has 1 aliphatic carbocycles. The zero-order valence-electron chi connectivity index (χ0n) is 13.4. The number of amides is 1. The summed E-state index contributed by atoms with van der Waals surface area (Å²) >= 11 is 0. The summed E-state index contributed by atoms with van der Waals surface area (Å²) in [5.74, 6) is 0.470. The third-order valence-electron chi connectivity index (χ3n) is 3.73. The second-order valence-electron chi connectivity index (χ2n) is 7.19. The minimum Gasteiger partial charge on any atom is -0.444 e. The first-order chi connectivity index (χ1) is 9.08. The van der Waals surface area contributed by atoms with Crippen molar-refractivity contribution >= 4 is 6.09 Å². The van der Waals surface area contributed by atoms with E-state index in [9.17, 15) is 9.18 Å². The molecule has 118 valence electrons. The van der Waals surface area contributed by atoms with Crippen LogP contribution in [0.2, 0.25) is 0 Å². The second-order valence-corrected chi connectivity index (χ2v) is 7.19. The number of rotatable bonds is 4. The Morgan fingerprint density at radius 1 is 1.45 bits per heavy atom. The smallest absolute Gasteiger partial charge is 0.410 e. The molecule has 1 amide bonds. The number of hydrogen-bond donors (Lipinski definition) is 1. The Hall–Kier alpha value is -0.840. The number of nitrogens with zero attached hydrogens (tertiary/aromatic N) is 1. The van der Waals surface area contributed by atoms with E-state index in [2.05, 4.69) is 0 Å². The van der Waals surface area contributed by atoms with E-state index < -0.39 is 11.8 Å². The van der Waals surface area contributed by atoms with Crippen LogP contribution in [0.1, 0.15) is 47.0 Å². The van der Waals surface area contributed by atoms with E-state index in [1.54, 1.807) is 7.05 Å². The van der Waals surface area contributed by atoms with Crippen molar-refractivity contribution in [3.8, 4) is 0 Å². The first-order valence-electron chi connectivity index (χ1n) is 7.42. The molecule has 0 saturated heterocycles. The lowest BCUT2D eigenvalue weighted by Crippen LogP contribution is -2.42. The molecule has 0 aromatic heterocycles. The maximum absolute atomic E-state index is 13.5. The molecule has 1 fully saturated rings. The number of hydrogen-bond acceptors (Lipinski definition) is 3. The van der Waals surface area contributed by atoms with E-state index in [0.29, 0.717) is 18.9 Å². The van der Waals surface area contributed by atoms with Crippen LogP contribution in [-0.4, -0.2) is 42.4 Å². The summed E-state index contributed by atoms with van der Waals surface area (Å²) in [5.41, 5.74) is 5.57. The fraction of sp³-hybridized carbons (Fsp3) is 0.933. The average Bonchev–Trinajstić information content (AvgIpc) is 2.54. The molecule has 0 aliphatic heterocycles. The van der Waals surface area contributed by atoms with Gasteiger partial charge in [0.1, 0.15) is 11.8 Å². The summed E-state index contributed by atoms with van der Waals surface area (Å²) in [6, 6.07) is -0.130. The highest BCUT2D eigenvalue weighted by atomic mass is 19.1. The Kier molecular flexibility index (Phi) is 5.80. The van der Waals surface area contributed by atoms with Gasteiger partial charge in [0.2, 0.25) is 0 Å². The van der Waals surface area contributed by atoms with Crippen LogP contribution in [0.3, 0.4) is 0 Å². The Morgan fingerprint density at radius 3 is 2.50 bits per heavy atom. The van der Waals surface area contributed by atoms with Crippen molar-refractivity contribution in [1.82, 2.24) is 4.90 Å². The van der Waals surface area contributed by atoms with Gasteiger partial charge in [-0.15, -0.1) is 0 Å². The van der Waals surface area contributed by atoms with Gasteiger partial charge in [-0.05, 0) is 51.9 Å². The summed E-state index contributed by atoms with van der Waals surface area (Å²) in [7, 11) is 1.68. The van der Waals surface area contributed by atoms with E-state index in [0.717, 1.165) is 12.8 Å². The molecule has 20 heavy (non-hydrogen) atoms. The molecule has 4 nitrogen and oxygen atoms in total. The summed E-state index contributed by atoms with van der Waals surface area (Å²) in [4.78, 5) is 13.3. The van der Waals surface area contributed by atoms with Gasteiger partial charge in [0.05, 0.1) is 0 Å². The first kappa shape index (κ1) is 17.2. The SMILES string of the molecule is C[C@H]1C[C@@H](C[C@H](N)CN(C)C(=O)OC(C)(C)C)C[C@H]1F. The normalized spacial score (nSPS) is 28.2. The minimum atomic E-state index is -0.698. The van der Waals surface area contributed by atoms with E-state index in [4.69, 9.17) is 10.5 Å². The van der Waals surface area contributed by atoms with Gasteiger partial charge >= 0.3 is 6.09 Å². The van der Waals surface area contributed by atoms with Gasteiger partial charge in [-0.3, -0.25) is 0 Å². The molecule has 0 aromatic rings. The van der Waals surface area contributed by atoms with Crippen molar-refractivity contribution in [3.05, 3.63) is 0 Å². The van der Waals surface area contributed by atoms with Crippen LogP contribution in [0.4, 0.5) is 9.18 Å². The molecule has 0 bridgehead atoms. The molecule has 0 spiro atoms. The van der Waals surface area contributed by atoms with Crippen LogP contribution in [-0.2, 0) is 4.74 Å². The second kappa shape index (κ2) is 6.74. The average molecular weight is 288 g/mol. The molecule has 0 aromatic carbocycles. The van der Waals surface area contributed by atoms with Crippen LogP contribution in [0, 0.1) is 11.8 Å². The Morgan fingerprint density at radius 2 is 2.05 bits per heavy atom. The lowest BCUT2D eigenvalue weighted by molar-refractivity contribution is 0.0285. The van der Waals surface area contributed by atoms with E-state index >= 15 is 0 Å². The molecular weight excluding hydrogens is 259 g/mol. The summed E-state index contributed by atoms with van der Waals surface area (Å²) in [5, 5.41) is 0. The van der Waals surface area contributed by atoms with Gasteiger partial charge in [0.15, 0.2) is 0 Å². The van der Waals surface area contributed by atoms with Crippen LogP contribution in [0.15, 0.2) is 0 Å². The number of nitrogens with two attached hydrogens (primary N) is 1. The number of halogens is 1. The lowest BCUT2D eigenvalue weighted by Gasteiger charge is -2.27. The monoisotopic (exact) mass is 288 g/mol. The molecular formula is C15H29FN2O2. The number of alkyl halides is 1. The van der Waals surface area contributed by atoms with Gasteiger partial charge in [0.25, 0.3) is 0 Å². The molecule has 1 saturated carbocycles. The first-order valence-corrected chi connectivity index (χ1v) is 7.42. The largest absolute Gasteiger partial charge is 0.444 e. The van der Waals surface area contributed by atoms with E-state index in [1.165, 1.54) is 4.90 Å². The summed E-state index contributed by atoms with van der Waals surface area (Å²) in [6.07, 6.45) is 1.19. The Labute approximate surface area is 121 Å². The van der Waals surface area contributed by atoms with Crippen molar-refractivity contribution in [2.24, 2.45) is 17.6 Å². The van der Waals surface area contributed by atoms with Crippen molar-refractivity contribution in [3.63, 3.8) is 0 Å². The molecule has 0 radical (unpaired) electrons. The third-order valence-corrected chi connectivity index (χ3v) is 3.73. The predicted octanol–water partition coefficient (Wildman–Crippen LogP) is 2.95. The zero-order chi connectivity index (χ0) is 15.5. The Bertz CT molecular complexity index is 320. The highest BCUT2D eigenvalue weighted by Gasteiger charge is 2.32. The minimum absolute atomic E-state index is 0.130. The fourth-order valence-electron chi connectivity index (χ4n) is 2.78. The predicted molar refractivity (Wildman–Crippen MR) is 78.2 cm³/mol. The number of carbonyl (C=O) groups excluding carboxylic acids is 1. The van der Waals surface area contributed by atoms with Gasteiger partial charge in [0, 0.05) is 19.6 Å². The number of likely N-dealkylation sites (N-methyl/N-ethyl adjacent to an activating group) is 1. The van der Waals surface area contributed by atoms with Crippen molar-refractivity contribution in [2.45, 2.75) is 64.8 Å². The van der Waals surface area contributed by atoms with Gasteiger partial charge in [-0.2, -0.15) is 0 Å². The van der Waals surface area contributed by atoms with Crippen LogP contribution in [0.25, 0.3) is 0 Å². The van der Waals surface area contributed by atoms with E-state index in [-0.39, 0.29) is 18.1 Å². The molecule has 0 heterocycles. The molecule has 0 unspecified atom stereocenters. The molecule has 1 rings (SSSR count). The quantitative estimate of drug-likeness (QED) is 0.865. The highest BCUT2D eigenvalue weighted by molar-refractivity contribution is 5.67. The van der Waals surface area contributed by atoms with Crippen molar-refractivity contribution in [2.75, 3.05) is 13.6 Å². The number of ether oxygens (including phenoxy) is 1. The maximum atomic E-state index is 13.5. The molecule has 5 heteroatoms. The molecule has 4 atom stereocenters. The highest BCUT2D eigenvalue weighted by Crippen LogP contribution is 2.35. The third kappa shape index (κ3) is 5.65. The zero-order valence-corrected chi connectivity index (χ0v) is 13.4. The van der Waals surface area contributed by atoms with Crippen LogP contribution < -0.4 is 5.73 Å². The van der Waals surface area contributed by atoms with E-state index in [1.807, 2.05) is 27.7 Å². The Balaban J connectivity index is 2.35. The summed E-state index contributed by atoms with van der Waals surface area (Å²) in [6.45, 7) is 7.89. The van der Waals surface area contributed by atoms with Gasteiger partial charge in [-0.1, -0.05) is 6.92 Å².